The minimum absolute atomic E-state index is 0.135. The number of aromatic nitrogens is 2. The molecular formula is C7H9N2O2. The van der Waals surface area contributed by atoms with Gasteiger partial charge in [0.25, 0.3) is 0 Å². The molecule has 1 aromatic heterocycles. The predicted molar refractivity (Wildman–Crippen MR) is 37.4 cm³/mol. The van der Waals surface area contributed by atoms with Gasteiger partial charge in [-0.25, -0.2) is 4.98 Å². The molecule has 1 saturated heterocycles. The van der Waals surface area contributed by atoms with Gasteiger partial charge in [-0.15, -0.1) is 0 Å². The van der Waals surface area contributed by atoms with E-state index in [4.69, 9.17) is 9.47 Å². The molecule has 1 atom stereocenters. The van der Waals surface area contributed by atoms with Crippen molar-refractivity contribution in [2.45, 2.75) is 12.8 Å². The topological polar surface area (TPSA) is 36.3 Å². The van der Waals surface area contributed by atoms with Crippen molar-refractivity contribution in [3.8, 4) is 0 Å². The molecule has 1 aromatic rings. The summed E-state index contributed by atoms with van der Waals surface area (Å²) in [6.45, 7) is 2.96. The third-order valence-corrected chi connectivity index (χ3v) is 1.52. The number of rotatable bonds is 2. The quantitative estimate of drug-likeness (QED) is 0.617. The lowest BCUT2D eigenvalue weighted by atomic mass is 10.6. The fourth-order valence-corrected chi connectivity index (χ4v) is 0.995. The molecule has 0 bridgehead atoms. The molecule has 59 valence electrons. The summed E-state index contributed by atoms with van der Waals surface area (Å²) >= 11 is 0. The van der Waals surface area contributed by atoms with Crippen LogP contribution >= 0.6 is 0 Å². The fourth-order valence-electron chi connectivity index (χ4n) is 0.995. The van der Waals surface area contributed by atoms with E-state index in [-0.39, 0.29) is 6.29 Å². The van der Waals surface area contributed by atoms with Crippen LogP contribution in [-0.2, 0) is 16.0 Å². The average Bonchev–Trinajstić information content (AvgIpc) is 2.60. The van der Waals surface area contributed by atoms with Crippen molar-refractivity contribution >= 4 is 0 Å². The van der Waals surface area contributed by atoms with Gasteiger partial charge in [0.15, 0.2) is 6.29 Å². The van der Waals surface area contributed by atoms with Crippen LogP contribution in [0.3, 0.4) is 0 Å². The van der Waals surface area contributed by atoms with Gasteiger partial charge in [0.2, 0.25) is 0 Å². The second-order valence-corrected chi connectivity index (χ2v) is 2.33. The molecule has 0 saturated carbocycles. The standard InChI is InChI=1S/C7H9N2O2/c1-2-9(6-8-1)5-7-10-3-4-11-7/h1-3,6-7H,4-5H2. The van der Waals surface area contributed by atoms with Crippen molar-refractivity contribution in [2.75, 3.05) is 6.61 Å². The second kappa shape index (κ2) is 3.02. The Labute approximate surface area is 64.8 Å². The Morgan fingerprint density at radius 2 is 2.64 bits per heavy atom. The van der Waals surface area contributed by atoms with Gasteiger partial charge in [-0.3, -0.25) is 0 Å². The van der Waals surface area contributed by atoms with Crippen molar-refractivity contribution in [3.63, 3.8) is 0 Å². The van der Waals surface area contributed by atoms with Gasteiger partial charge in [-0.05, 0) is 0 Å². The maximum Gasteiger partial charge on any atom is 0.176 e. The molecule has 4 heteroatoms. The van der Waals surface area contributed by atoms with Gasteiger partial charge in [0.1, 0.15) is 6.61 Å². The summed E-state index contributed by atoms with van der Waals surface area (Å²) in [4.78, 5) is 3.91. The van der Waals surface area contributed by atoms with Crippen molar-refractivity contribution in [1.29, 1.82) is 0 Å². The molecule has 1 unspecified atom stereocenters. The summed E-state index contributed by atoms with van der Waals surface area (Å²) in [5.74, 6) is 0. The Morgan fingerprint density at radius 1 is 1.64 bits per heavy atom. The normalized spacial score (nSPS) is 19.3. The highest BCUT2D eigenvalue weighted by Crippen LogP contribution is 2.08. The summed E-state index contributed by atoms with van der Waals surface area (Å²) in [5.41, 5.74) is 0. The maximum atomic E-state index is 5.20. The second-order valence-electron chi connectivity index (χ2n) is 2.33. The third-order valence-electron chi connectivity index (χ3n) is 1.52. The van der Waals surface area contributed by atoms with Crippen LogP contribution in [0.5, 0.6) is 0 Å². The third kappa shape index (κ3) is 1.58. The lowest BCUT2D eigenvalue weighted by molar-refractivity contribution is -0.0444. The summed E-state index contributed by atoms with van der Waals surface area (Å²) in [7, 11) is 0. The van der Waals surface area contributed by atoms with Crippen LogP contribution in [0, 0.1) is 6.61 Å². The molecule has 0 N–H and O–H groups in total. The number of hydrogen-bond acceptors (Lipinski definition) is 3. The van der Waals surface area contributed by atoms with Crippen LogP contribution in [0.15, 0.2) is 18.7 Å². The summed E-state index contributed by atoms with van der Waals surface area (Å²) in [6, 6.07) is 0. The number of hydrogen-bond donors (Lipinski definition) is 0. The molecule has 2 rings (SSSR count). The van der Waals surface area contributed by atoms with E-state index in [1.165, 1.54) is 0 Å². The van der Waals surface area contributed by atoms with Crippen molar-refractivity contribution in [3.05, 3.63) is 25.3 Å². The summed E-state index contributed by atoms with van der Waals surface area (Å²) in [5, 5.41) is 0. The monoisotopic (exact) mass is 153 g/mol. The van der Waals surface area contributed by atoms with E-state index in [9.17, 15) is 0 Å². The van der Waals surface area contributed by atoms with E-state index in [1.54, 1.807) is 19.1 Å². The molecule has 2 heterocycles. The molecule has 11 heavy (non-hydrogen) atoms. The van der Waals surface area contributed by atoms with Crippen molar-refractivity contribution in [1.82, 2.24) is 9.55 Å². The molecule has 0 spiro atoms. The lowest BCUT2D eigenvalue weighted by Gasteiger charge is -2.08. The van der Waals surface area contributed by atoms with E-state index >= 15 is 0 Å². The fraction of sp³-hybridized carbons (Fsp3) is 0.429. The van der Waals surface area contributed by atoms with Gasteiger partial charge >= 0.3 is 0 Å². The average molecular weight is 153 g/mol. The Balaban J connectivity index is 1.90. The van der Waals surface area contributed by atoms with Crippen LogP contribution in [0.2, 0.25) is 0 Å². The first-order chi connectivity index (χ1) is 5.45. The zero-order valence-corrected chi connectivity index (χ0v) is 6.01. The van der Waals surface area contributed by atoms with Crippen LogP contribution in [0.4, 0.5) is 0 Å². The number of imidazole rings is 1. The molecule has 4 nitrogen and oxygen atoms in total. The predicted octanol–water partition coefficient (Wildman–Crippen LogP) is 0.418. The van der Waals surface area contributed by atoms with Crippen molar-refractivity contribution < 1.29 is 9.47 Å². The van der Waals surface area contributed by atoms with Gasteiger partial charge < -0.3 is 14.0 Å². The zero-order valence-electron chi connectivity index (χ0n) is 6.01. The Kier molecular flexibility index (Phi) is 1.87. The Morgan fingerprint density at radius 3 is 3.27 bits per heavy atom. The van der Waals surface area contributed by atoms with Gasteiger partial charge in [0.05, 0.1) is 19.5 Å². The molecule has 1 radical (unpaired) electrons. The van der Waals surface area contributed by atoms with E-state index in [0.29, 0.717) is 13.2 Å². The number of ether oxygens (including phenoxy) is 2. The smallest absolute Gasteiger partial charge is 0.176 e. The van der Waals surface area contributed by atoms with Crippen LogP contribution in [0.25, 0.3) is 0 Å². The number of nitrogens with zero attached hydrogens (tertiary/aromatic N) is 2. The minimum Gasteiger partial charge on any atom is -0.348 e. The van der Waals surface area contributed by atoms with Crippen LogP contribution in [-0.4, -0.2) is 22.4 Å². The van der Waals surface area contributed by atoms with Crippen LogP contribution in [0.1, 0.15) is 0 Å². The molecule has 1 fully saturated rings. The molecule has 0 aliphatic carbocycles. The van der Waals surface area contributed by atoms with Crippen LogP contribution < -0.4 is 0 Å². The molecule has 1 aliphatic rings. The van der Waals surface area contributed by atoms with Crippen molar-refractivity contribution in [2.24, 2.45) is 0 Å². The highest BCUT2D eigenvalue weighted by Gasteiger charge is 2.15. The lowest BCUT2D eigenvalue weighted by Crippen LogP contribution is -2.15. The van der Waals surface area contributed by atoms with E-state index in [2.05, 4.69) is 4.98 Å². The molecule has 0 aromatic carbocycles. The zero-order chi connectivity index (χ0) is 7.52. The Bertz CT molecular complexity index is 204. The molecule has 0 amide bonds. The highest BCUT2D eigenvalue weighted by atomic mass is 16.7. The SMILES string of the molecule is [CH]1COC(Cn2ccnc2)O1. The largest absolute Gasteiger partial charge is 0.348 e. The van der Waals surface area contributed by atoms with E-state index in [1.807, 2.05) is 10.8 Å². The van der Waals surface area contributed by atoms with Gasteiger partial charge in [-0.2, -0.15) is 0 Å². The van der Waals surface area contributed by atoms with Gasteiger partial charge in [0, 0.05) is 12.4 Å². The Hall–Kier alpha value is -0.870. The van der Waals surface area contributed by atoms with E-state index < -0.39 is 0 Å². The summed E-state index contributed by atoms with van der Waals surface area (Å²) < 4.78 is 12.3. The van der Waals surface area contributed by atoms with E-state index in [0.717, 1.165) is 0 Å². The first-order valence-electron chi connectivity index (χ1n) is 3.49. The summed E-state index contributed by atoms with van der Waals surface area (Å²) in [6.07, 6.45) is 5.22. The highest BCUT2D eigenvalue weighted by molar-refractivity contribution is 4.75. The molecular weight excluding hydrogens is 144 g/mol. The minimum atomic E-state index is -0.135. The van der Waals surface area contributed by atoms with Gasteiger partial charge in [-0.1, -0.05) is 0 Å². The first kappa shape index (κ1) is 6.82. The maximum absolute atomic E-state index is 5.20. The molecule has 1 aliphatic heterocycles. The first-order valence-corrected chi connectivity index (χ1v) is 3.49.